The minimum atomic E-state index is -0.382. The standard InChI is InChI=1S/C28H32N2O5/c1-7-34-27-12-21(8-9-26(27)35-17-25-19(3)10-18(2)11-20(25)4)16-29-30-28(31)22-13-23(32-5)15-24(14-22)33-6/h8-16H,7,17H2,1-6H3,(H,30,31)/b29-16-. The van der Waals surface area contributed by atoms with Crippen molar-refractivity contribution in [1.82, 2.24) is 5.43 Å². The van der Waals surface area contributed by atoms with E-state index in [0.29, 0.717) is 41.8 Å². The summed E-state index contributed by atoms with van der Waals surface area (Å²) in [6.07, 6.45) is 1.55. The maximum absolute atomic E-state index is 12.5. The molecule has 7 nitrogen and oxygen atoms in total. The molecule has 1 amide bonds. The Labute approximate surface area is 206 Å². The van der Waals surface area contributed by atoms with Gasteiger partial charge in [0.05, 0.1) is 27.0 Å². The topological polar surface area (TPSA) is 78.4 Å². The van der Waals surface area contributed by atoms with Gasteiger partial charge in [-0.05, 0) is 80.3 Å². The summed E-state index contributed by atoms with van der Waals surface area (Å²) in [4.78, 5) is 12.5. The van der Waals surface area contributed by atoms with E-state index < -0.39 is 0 Å². The zero-order chi connectivity index (χ0) is 25.4. The van der Waals surface area contributed by atoms with Gasteiger partial charge in [0, 0.05) is 11.6 Å². The van der Waals surface area contributed by atoms with Crippen LogP contribution in [0.5, 0.6) is 23.0 Å². The number of hydrazone groups is 1. The van der Waals surface area contributed by atoms with Crippen LogP contribution in [0.4, 0.5) is 0 Å². The number of ether oxygens (including phenoxy) is 4. The number of rotatable bonds is 10. The van der Waals surface area contributed by atoms with Crippen LogP contribution in [0.25, 0.3) is 0 Å². The molecule has 0 atom stereocenters. The Morgan fingerprint density at radius 1 is 0.886 bits per heavy atom. The lowest BCUT2D eigenvalue weighted by molar-refractivity contribution is 0.0954. The van der Waals surface area contributed by atoms with Gasteiger partial charge in [-0.1, -0.05) is 17.7 Å². The van der Waals surface area contributed by atoms with E-state index in [2.05, 4.69) is 43.4 Å². The van der Waals surface area contributed by atoms with Crippen LogP contribution in [0.2, 0.25) is 0 Å². The number of methoxy groups -OCH3 is 2. The highest BCUT2D eigenvalue weighted by Crippen LogP contribution is 2.30. The molecule has 0 radical (unpaired) electrons. The summed E-state index contributed by atoms with van der Waals surface area (Å²) in [5.74, 6) is 1.92. The van der Waals surface area contributed by atoms with Crippen LogP contribution in [-0.2, 0) is 6.61 Å². The third kappa shape index (κ3) is 6.76. The van der Waals surface area contributed by atoms with Crippen molar-refractivity contribution in [2.24, 2.45) is 5.10 Å². The Morgan fingerprint density at radius 2 is 1.54 bits per heavy atom. The van der Waals surface area contributed by atoms with Crippen LogP contribution < -0.4 is 24.4 Å². The van der Waals surface area contributed by atoms with Crippen molar-refractivity contribution in [3.8, 4) is 23.0 Å². The van der Waals surface area contributed by atoms with Crippen LogP contribution in [0, 0.1) is 20.8 Å². The minimum absolute atomic E-state index is 0.374. The molecule has 0 unspecified atom stereocenters. The SMILES string of the molecule is CCOc1cc(/C=N\NC(=O)c2cc(OC)cc(OC)c2)ccc1OCc1c(C)cc(C)cc1C. The third-order valence-corrected chi connectivity index (χ3v) is 5.47. The minimum Gasteiger partial charge on any atom is -0.497 e. The summed E-state index contributed by atoms with van der Waals surface area (Å²) in [6, 6.07) is 14.8. The van der Waals surface area contributed by atoms with E-state index in [4.69, 9.17) is 18.9 Å². The molecule has 0 bridgehead atoms. The first-order valence-electron chi connectivity index (χ1n) is 11.4. The molecule has 1 N–H and O–H groups in total. The quantitative estimate of drug-likeness (QED) is 0.314. The summed E-state index contributed by atoms with van der Waals surface area (Å²) in [7, 11) is 3.06. The van der Waals surface area contributed by atoms with E-state index in [1.807, 2.05) is 25.1 Å². The van der Waals surface area contributed by atoms with Gasteiger partial charge in [-0.25, -0.2) is 5.43 Å². The Kier molecular flexibility index (Phi) is 8.73. The molecule has 184 valence electrons. The van der Waals surface area contributed by atoms with E-state index >= 15 is 0 Å². The molecule has 0 aromatic heterocycles. The Bertz CT molecular complexity index is 1170. The summed E-state index contributed by atoms with van der Waals surface area (Å²) in [5.41, 5.74) is 8.47. The number of carbonyl (C=O) groups is 1. The summed E-state index contributed by atoms with van der Waals surface area (Å²) >= 11 is 0. The lowest BCUT2D eigenvalue weighted by Gasteiger charge is -2.15. The van der Waals surface area contributed by atoms with Crippen LogP contribution in [0.3, 0.4) is 0 Å². The Balaban J connectivity index is 1.71. The Hall–Kier alpha value is -4.00. The zero-order valence-corrected chi connectivity index (χ0v) is 21.1. The van der Waals surface area contributed by atoms with Gasteiger partial charge in [0.25, 0.3) is 5.91 Å². The molecule has 0 aliphatic rings. The van der Waals surface area contributed by atoms with Gasteiger partial charge in [-0.3, -0.25) is 4.79 Å². The zero-order valence-electron chi connectivity index (χ0n) is 21.1. The molecule has 7 heteroatoms. The van der Waals surface area contributed by atoms with Crippen molar-refractivity contribution in [3.63, 3.8) is 0 Å². The lowest BCUT2D eigenvalue weighted by atomic mass is 10.0. The predicted molar refractivity (Wildman–Crippen MR) is 137 cm³/mol. The lowest BCUT2D eigenvalue weighted by Crippen LogP contribution is -2.17. The van der Waals surface area contributed by atoms with E-state index in [1.54, 1.807) is 24.4 Å². The average Bonchev–Trinajstić information content (AvgIpc) is 2.84. The maximum Gasteiger partial charge on any atom is 0.271 e. The molecule has 3 rings (SSSR count). The van der Waals surface area contributed by atoms with Gasteiger partial charge < -0.3 is 18.9 Å². The van der Waals surface area contributed by atoms with E-state index in [-0.39, 0.29) is 5.91 Å². The first kappa shape index (κ1) is 25.6. The van der Waals surface area contributed by atoms with Crippen molar-refractivity contribution in [2.75, 3.05) is 20.8 Å². The molecule has 0 spiro atoms. The third-order valence-electron chi connectivity index (χ3n) is 5.47. The summed E-state index contributed by atoms with van der Waals surface area (Å²) < 4.78 is 22.3. The number of carbonyl (C=O) groups excluding carboxylic acids is 1. The van der Waals surface area contributed by atoms with Gasteiger partial charge in [0.2, 0.25) is 0 Å². The highest BCUT2D eigenvalue weighted by Gasteiger charge is 2.11. The molecule has 0 fully saturated rings. The van der Waals surface area contributed by atoms with E-state index in [9.17, 15) is 4.79 Å². The van der Waals surface area contributed by atoms with Gasteiger partial charge >= 0.3 is 0 Å². The fourth-order valence-corrected chi connectivity index (χ4v) is 3.75. The van der Waals surface area contributed by atoms with Crippen molar-refractivity contribution in [1.29, 1.82) is 0 Å². The van der Waals surface area contributed by atoms with Crippen molar-refractivity contribution in [3.05, 3.63) is 81.9 Å². The molecule has 0 aliphatic carbocycles. The number of hydrogen-bond donors (Lipinski definition) is 1. The molecular weight excluding hydrogens is 444 g/mol. The van der Waals surface area contributed by atoms with Crippen LogP contribution in [-0.4, -0.2) is 32.9 Å². The van der Waals surface area contributed by atoms with Crippen molar-refractivity contribution in [2.45, 2.75) is 34.3 Å². The molecule has 3 aromatic rings. The second-order valence-corrected chi connectivity index (χ2v) is 8.11. The van der Waals surface area contributed by atoms with Crippen molar-refractivity contribution < 1.29 is 23.7 Å². The van der Waals surface area contributed by atoms with E-state index in [1.165, 1.54) is 36.5 Å². The van der Waals surface area contributed by atoms with Crippen LogP contribution >= 0.6 is 0 Å². The molecule has 3 aromatic carbocycles. The maximum atomic E-state index is 12.5. The predicted octanol–water partition coefficient (Wildman–Crippen LogP) is 5.37. The number of hydrogen-bond acceptors (Lipinski definition) is 6. The van der Waals surface area contributed by atoms with Crippen LogP contribution in [0.15, 0.2) is 53.6 Å². The fraction of sp³-hybridized carbons (Fsp3) is 0.286. The first-order valence-corrected chi connectivity index (χ1v) is 11.4. The molecule has 0 saturated heterocycles. The monoisotopic (exact) mass is 476 g/mol. The van der Waals surface area contributed by atoms with Gasteiger partial charge in [0.15, 0.2) is 11.5 Å². The summed E-state index contributed by atoms with van der Waals surface area (Å²) in [6.45, 7) is 9.14. The molecule has 35 heavy (non-hydrogen) atoms. The summed E-state index contributed by atoms with van der Waals surface area (Å²) in [5, 5.41) is 4.08. The second kappa shape index (κ2) is 11.9. The largest absolute Gasteiger partial charge is 0.497 e. The number of nitrogens with zero attached hydrogens (tertiary/aromatic N) is 1. The smallest absolute Gasteiger partial charge is 0.271 e. The Morgan fingerprint density at radius 3 is 2.14 bits per heavy atom. The van der Waals surface area contributed by atoms with Gasteiger partial charge in [-0.15, -0.1) is 0 Å². The molecule has 0 heterocycles. The number of nitrogens with one attached hydrogen (secondary N) is 1. The van der Waals surface area contributed by atoms with Gasteiger partial charge in [0.1, 0.15) is 18.1 Å². The second-order valence-electron chi connectivity index (χ2n) is 8.11. The van der Waals surface area contributed by atoms with Crippen molar-refractivity contribution >= 4 is 12.1 Å². The average molecular weight is 477 g/mol. The molecular formula is C28H32N2O5. The highest BCUT2D eigenvalue weighted by atomic mass is 16.5. The first-order chi connectivity index (χ1) is 16.8. The molecule has 0 saturated carbocycles. The van der Waals surface area contributed by atoms with Gasteiger partial charge in [-0.2, -0.15) is 5.10 Å². The molecule has 0 aliphatic heterocycles. The van der Waals surface area contributed by atoms with E-state index in [0.717, 1.165) is 5.56 Å². The highest BCUT2D eigenvalue weighted by molar-refractivity contribution is 5.95. The van der Waals surface area contributed by atoms with Crippen LogP contribution in [0.1, 0.15) is 45.1 Å². The number of benzene rings is 3. The number of aryl methyl sites for hydroxylation is 3. The number of amides is 1. The fourth-order valence-electron chi connectivity index (χ4n) is 3.75. The normalized spacial score (nSPS) is 10.8.